The van der Waals surface area contributed by atoms with Gasteiger partial charge in [0, 0.05) is 30.2 Å². The molecule has 162 valence electrons. The second-order valence-electron chi connectivity index (χ2n) is 8.24. The molecule has 0 atom stereocenters. The molecule has 32 heavy (non-hydrogen) atoms. The van der Waals surface area contributed by atoms with Crippen LogP contribution in [-0.2, 0) is 0 Å². The van der Waals surface area contributed by atoms with E-state index in [1.54, 1.807) is 36.8 Å². The van der Waals surface area contributed by atoms with Gasteiger partial charge in [0.05, 0.1) is 16.6 Å². The van der Waals surface area contributed by atoms with Crippen LogP contribution in [-0.4, -0.2) is 56.9 Å². The Balaban J connectivity index is 1.42. The lowest BCUT2D eigenvalue weighted by Gasteiger charge is -2.29. The molecule has 1 fully saturated rings. The maximum Gasteiger partial charge on any atom is 0.259 e. The first-order chi connectivity index (χ1) is 15.6. The molecule has 1 saturated heterocycles. The Kier molecular flexibility index (Phi) is 5.28. The van der Waals surface area contributed by atoms with E-state index >= 15 is 0 Å². The van der Waals surface area contributed by atoms with Crippen LogP contribution in [0.15, 0.2) is 59.8 Å². The number of piperidine rings is 1. The summed E-state index contributed by atoms with van der Waals surface area (Å²) in [5, 5.41) is 3.13. The SMILES string of the molecule is CN1CCC(NC(=O)c2ccc3[nH]c(-c4cc(-c5ccncc5)c[nH]c4=O)nc3c2)CC1. The van der Waals surface area contributed by atoms with Gasteiger partial charge in [0.2, 0.25) is 0 Å². The third-order valence-corrected chi connectivity index (χ3v) is 5.97. The Bertz CT molecular complexity index is 1320. The number of hydrogen-bond donors (Lipinski definition) is 3. The molecule has 0 bridgehead atoms. The van der Waals surface area contributed by atoms with Crippen LogP contribution < -0.4 is 10.9 Å². The van der Waals surface area contributed by atoms with Gasteiger partial charge >= 0.3 is 0 Å². The van der Waals surface area contributed by atoms with Gasteiger partial charge in [0.15, 0.2) is 0 Å². The molecule has 1 aliphatic heterocycles. The summed E-state index contributed by atoms with van der Waals surface area (Å²) in [4.78, 5) is 42.1. The molecule has 8 nitrogen and oxygen atoms in total. The van der Waals surface area contributed by atoms with Crippen molar-refractivity contribution in [2.24, 2.45) is 0 Å². The van der Waals surface area contributed by atoms with Crippen LogP contribution in [0.3, 0.4) is 0 Å². The second kappa shape index (κ2) is 8.39. The van der Waals surface area contributed by atoms with Crippen LogP contribution in [0.4, 0.5) is 0 Å². The van der Waals surface area contributed by atoms with Crippen LogP contribution in [0, 0.1) is 0 Å². The zero-order valence-electron chi connectivity index (χ0n) is 17.8. The first kappa shape index (κ1) is 20.1. The molecule has 4 aromatic rings. The summed E-state index contributed by atoms with van der Waals surface area (Å²) in [6.45, 7) is 1.97. The minimum absolute atomic E-state index is 0.0939. The minimum Gasteiger partial charge on any atom is -0.349 e. The molecule has 1 aliphatic rings. The van der Waals surface area contributed by atoms with Crippen molar-refractivity contribution in [2.75, 3.05) is 20.1 Å². The summed E-state index contributed by atoms with van der Waals surface area (Å²) in [5.41, 5.74) is 3.99. The van der Waals surface area contributed by atoms with E-state index in [0.717, 1.165) is 42.6 Å². The molecular weight excluding hydrogens is 404 g/mol. The van der Waals surface area contributed by atoms with E-state index in [1.165, 1.54) is 0 Å². The van der Waals surface area contributed by atoms with Gasteiger partial charge in [-0.3, -0.25) is 14.6 Å². The highest BCUT2D eigenvalue weighted by Gasteiger charge is 2.20. The van der Waals surface area contributed by atoms with Crippen LogP contribution >= 0.6 is 0 Å². The first-order valence-corrected chi connectivity index (χ1v) is 10.7. The average molecular weight is 428 g/mol. The summed E-state index contributed by atoms with van der Waals surface area (Å²) in [5.74, 6) is 0.369. The van der Waals surface area contributed by atoms with Crippen molar-refractivity contribution in [1.82, 2.24) is 30.2 Å². The predicted octanol–water partition coefficient (Wildman–Crippen LogP) is 2.80. The smallest absolute Gasteiger partial charge is 0.259 e. The number of amides is 1. The predicted molar refractivity (Wildman–Crippen MR) is 123 cm³/mol. The lowest BCUT2D eigenvalue weighted by Crippen LogP contribution is -2.43. The Labute approximate surface area is 184 Å². The fraction of sp³-hybridized carbons (Fsp3) is 0.250. The van der Waals surface area contributed by atoms with E-state index < -0.39 is 0 Å². The van der Waals surface area contributed by atoms with Gasteiger partial charge in [-0.25, -0.2) is 4.98 Å². The zero-order chi connectivity index (χ0) is 22.1. The van der Waals surface area contributed by atoms with Crippen molar-refractivity contribution in [1.29, 1.82) is 0 Å². The molecule has 3 N–H and O–H groups in total. The summed E-state index contributed by atoms with van der Waals surface area (Å²) >= 11 is 0. The highest BCUT2D eigenvalue weighted by Crippen LogP contribution is 2.23. The summed E-state index contributed by atoms with van der Waals surface area (Å²) < 4.78 is 0. The van der Waals surface area contributed by atoms with E-state index in [4.69, 9.17) is 0 Å². The fourth-order valence-corrected chi connectivity index (χ4v) is 4.07. The first-order valence-electron chi connectivity index (χ1n) is 10.7. The lowest BCUT2D eigenvalue weighted by molar-refractivity contribution is 0.0917. The number of benzene rings is 1. The standard InChI is InChI=1S/C24H24N6O2/c1-30-10-6-18(7-11-30)27-23(31)16-2-3-20-21(13-16)29-22(28-20)19-12-17(14-26-24(19)32)15-4-8-25-9-5-15/h2-5,8-9,12-14,18H,6-7,10-11H2,1H3,(H,26,32)(H,27,31)(H,28,29). The van der Waals surface area contributed by atoms with Gasteiger partial charge in [0.1, 0.15) is 5.82 Å². The minimum atomic E-state index is -0.234. The van der Waals surface area contributed by atoms with Crippen molar-refractivity contribution in [3.63, 3.8) is 0 Å². The second-order valence-corrected chi connectivity index (χ2v) is 8.24. The third-order valence-electron chi connectivity index (χ3n) is 5.97. The number of aromatic amines is 2. The number of H-pyrrole nitrogens is 2. The van der Waals surface area contributed by atoms with Crippen LogP contribution in [0.25, 0.3) is 33.5 Å². The van der Waals surface area contributed by atoms with E-state index in [9.17, 15) is 9.59 Å². The molecule has 5 rings (SSSR count). The molecule has 0 unspecified atom stereocenters. The maximum atomic E-state index is 12.7. The number of hydrogen-bond acceptors (Lipinski definition) is 5. The molecule has 0 spiro atoms. The Morgan fingerprint density at radius 1 is 1.09 bits per heavy atom. The van der Waals surface area contributed by atoms with Gasteiger partial charge < -0.3 is 20.2 Å². The number of pyridine rings is 2. The zero-order valence-corrected chi connectivity index (χ0v) is 17.8. The molecule has 1 aromatic carbocycles. The number of aromatic nitrogens is 4. The number of fused-ring (bicyclic) bond motifs is 1. The summed E-state index contributed by atoms with van der Waals surface area (Å²) in [7, 11) is 2.10. The molecule has 3 aromatic heterocycles. The molecule has 1 amide bonds. The molecule has 0 radical (unpaired) electrons. The Morgan fingerprint density at radius 3 is 2.66 bits per heavy atom. The molecular formula is C24H24N6O2. The summed E-state index contributed by atoms with van der Waals surface area (Å²) in [6, 6.07) is 11.1. The van der Waals surface area contributed by atoms with Crippen molar-refractivity contribution < 1.29 is 4.79 Å². The van der Waals surface area contributed by atoms with Crippen molar-refractivity contribution >= 4 is 16.9 Å². The normalized spacial score (nSPS) is 15.2. The van der Waals surface area contributed by atoms with Gasteiger partial charge in [-0.2, -0.15) is 0 Å². The van der Waals surface area contributed by atoms with Crippen molar-refractivity contribution in [2.45, 2.75) is 18.9 Å². The van der Waals surface area contributed by atoms with E-state index in [2.05, 4.69) is 37.2 Å². The van der Waals surface area contributed by atoms with E-state index in [1.807, 2.05) is 18.2 Å². The number of carbonyl (C=O) groups excluding carboxylic acids is 1. The Morgan fingerprint density at radius 2 is 1.88 bits per heavy atom. The number of nitrogens with zero attached hydrogens (tertiary/aromatic N) is 3. The number of carbonyl (C=O) groups is 1. The van der Waals surface area contributed by atoms with E-state index in [-0.39, 0.29) is 17.5 Å². The number of imidazole rings is 1. The highest BCUT2D eigenvalue weighted by atomic mass is 16.1. The monoisotopic (exact) mass is 428 g/mol. The topological polar surface area (TPSA) is 107 Å². The Hall–Kier alpha value is -3.78. The van der Waals surface area contributed by atoms with Gasteiger partial charge in [-0.15, -0.1) is 0 Å². The summed E-state index contributed by atoms with van der Waals surface area (Å²) in [6.07, 6.45) is 7.00. The fourth-order valence-electron chi connectivity index (χ4n) is 4.07. The van der Waals surface area contributed by atoms with Crippen LogP contribution in [0.2, 0.25) is 0 Å². The van der Waals surface area contributed by atoms with Crippen molar-refractivity contribution in [3.05, 3.63) is 70.9 Å². The third kappa shape index (κ3) is 4.04. The molecule has 8 heteroatoms. The largest absolute Gasteiger partial charge is 0.349 e. The average Bonchev–Trinajstić information content (AvgIpc) is 3.24. The molecule has 0 aliphatic carbocycles. The quantitative estimate of drug-likeness (QED) is 0.463. The van der Waals surface area contributed by atoms with E-state index in [0.29, 0.717) is 22.5 Å². The molecule has 0 saturated carbocycles. The lowest BCUT2D eigenvalue weighted by atomic mass is 10.0. The number of nitrogens with one attached hydrogen (secondary N) is 3. The van der Waals surface area contributed by atoms with Crippen LogP contribution in [0.5, 0.6) is 0 Å². The highest BCUT2D eigenvalue weighted by molar-refractivity contribution is 5.97. The number of likely N-dealkylation sites (tertiary alicyclic amines) is 1. The molecule has 4 heterocycles. The maximum absolute atomic E-state index is 12.7. The van der Waals surface area contributed by atoms with Crippen molar-refractivity contribution in [3.8, 4) is 22.5 Å². The van der Waals surface area contributed by atoms with Gasteiger partial charge in [-0.05, 0) is 80.5 Å². The van der Waals surface area contributed by atoms with Gasteiger partial charge in [-0.1, -0.05) is 0 Å². The van der Waals surface area contributed by atoms with Gasteiger partial charge in [0.25, 0.3) is 11.5 Å². The number of rotatable bonds is 4. The van der Waals surface area contributed by atoms with Crippen LogP contribution in [0.1, 0.15) is 23.2 Å².